The molecule has 0 bridgehead atoms. The van der Waals surface area contributed by atoms with Crippen molar-refractivity contribution in [2.45, 2.75) is 0 Å². The van der Waals surface area contributed by atoms with E-state index in [1.54, 1.807) is 0 Å². The minimum Gasteiger partial charge on any atom is -0.309 e. The molecule has 0 radical (unpaired) electrons. The van der Waals surface area contributed by atoms with Gasteiger partial charge < -0.3 is 4.57 Å². The Morgan fingerprint density at radius 3 is 1.56 bits per heavy atom. The molecule has 0 atom stereocenters. The van der Waals surface area contributed by atoms with Crippen molar-refractivity contribution in [2.24, 2.45) is 0 Å². The second kappa shape index (κ2) is 11.0. The Morgan fingerprint density at radius 1 is 0.422 bits per heavy atom. The van der Waals surface area contributed by atoms with E-state index in [4.69, 9.17) is 15.0 Å². The van der Waals surface area contributed by atoms with E-state index in [9.17, 15) is 5.26 Å². The molecule has 2 heterocycles. The first kappa shape index (κ1) is 26.3. The second-order valence-electron chi connectivity index (χ2n) is 10.9. The Bertz CT molecular complexity index is 2300. The second-order valence-corrected chi connectivity index (χ2v) is 10.9. The molecule has 0 saturated carbocycles. The van der Waals surface area contributed by atoms with Crippen molar-refractivity contribution in [1.82, 2.24) is 19.5 Å². The summed E-state index contributed by atoms with van der Waals surface area (Å²) in [4.78, 5) is 14.8. The highest BCUT2D eigenvalue weighted by Crippen LogP contribution is 2.37. The Kier molecular flexibility index (Phi) is 6.44. The predicted octanol–water partition coefficient (Wildman–Crippen LogP) is 9.51. The van der Waals surface area contributed by atoms with Crippen LogP contribution in [0.2, 0.25) is 0 Å². The van der Waals surface area contributed by atoms with E-state index in [0.717, 1.165) is 55.3 Å². The van der Waals surface area contributed by atoms with E-state index in [1.807, 2.05) is 91.0 Å². The standard InChI is InChI=1S/C40H25N5/c41-26-27-16-18-28(19-17-27)31-20-22-34-35-24-32(21-23-36(35)45(37(34)25-31)33-14-8-3-9-15-33)40-43-38(29-10-4-1-5-11-29)42-39(44-40)30-12-6-2-7-13-30/h1-25H. The van der Waals surface area contributed by atoms with Crippen LogP contribution >= 0.6 is 0 Å². The summed E-state index contributed by atoms with van der Waals surface area (Å²) in [7, 11) is 0. The summed E-state index contributed by atoms with van der Waals surface area (Å²) in [6, 6.07) is 53.4. The normalized spacial score (nSPS) is 11.1. The first-order valence-electron chi connectivity index (χ1n) is 14.8. The summed E-state index contributed by atoms with van der Waals surface area (Å²) in [6.45, 7) is 0. The summed E-state index contributed by atoms with van der Waals surface area (Å²) in [6.07, 6.45) is 0. The SMILES string of the molecule is N#Cc1ccc(-c2ccc3c4cc(-c5nc(-c6ccccc6)nc(-c6ccccc6)n5)ccc4n(-c4ccccc4)c3c2)cc1. The zero-order valence-electron chi connectivity index (χ0n) is 24.2. The molecule has 0 amide bonds. The molecule has 0 saturated heterocycles. The molecule has 210 valence electrons. The molecule has 0 unspecified atom stereocenters. The lowest BCUT2D eigenvalue weighted by Crippen LogP contribution is -2.00. The van der Waals surface area contributed by atoms with Crippen LogP contribution in [-0.2, 0) is 0 Å². The Hall–Kier alpha value is -6.38. The van der Waals surface area contributed by atoms with Crippen LogP contribution in [0.3, 0.4) is 0 Å². The van der Waals surface area contributed by atoms with Crippen LogP contribution in [0.5, 0.6) is 0 Å². The highest BCUT2D eigenvalue weighted by molar-refractivity contribution is 6.11. The Labute approximate surface area is 260 Å². The molecule has 0 fully saturated rings. The maximum absolute atomic E-state index is 9.27. The number of hydrogen-bond acceptors (Lipinski definition) is 4. The summed E-state index contributed by atoms with van der Waals surface area (Å²) in [5.74, 6) is 1.90. The fourth-order valence-corrected chi connectivity index (χ4v) is 5.87. The molecular formula is C40H25N5. The number of nitriles is 1. The minimum absolute atomic E-state index is 0.624. The van der Waals surface area contributed by atoms with Crippen molar-refractivity contribution in [3.05, 3.63) is 157 Å². The van der Waals surface area contributed by atoms with Gasteiger partial charge in [0, 0.05) is 33.2 Å². The molecule has 0 aliphatic carbocycles. The lowest BCUT2D eigenvalue weighted by atomic mass is 10.0. The van der Waals surface area contributed by atoms with Gasteiger partial charge in [-0.1, -0.05) is 103 Å². The van der Waals surface area contributed by atoms with Crippen LogP contribution in [0.15, 0.2) is 152 Å². The molecule has 0 aliphatic rings. The van der Waals surface area contributed by atoms with Gasteiger partial charge in [-0.2, -0.15) is 5.26 Å². The summed E-state index contributed by atoms with van der Waals surface area (Å²) < 4.78 is 2.31. The van der Waals surface area contributed by atoms with E-state index in [-0.39, 0.29) is 0 Å². The minimum atomic E-state index is 0.624. The smallest absolute Gasteiger partial charge is 0.164 e. The fraction of sp³-hybridized carbons (Fsp3) is 0. The van der Waals surface area contributed by atoms with E-state index in [2.05, 4.69) is 71.3 Å². The fourth-order valence-electron chi connectivity index (χ4n) is 5.87. The molecular weight excluding hydrogens is 550 g/mol. The first-order chi connectivity index (χ1) is 22.2. The third-order valence-corrected chi connectivity index (χ3v) is 8.09. The number of hydrogen-bond donors (Lipinski definition) is 0. The van der Waals surface area contributed by atoms with Crippen LogP contribution in [0, 0.1) is 11.3 Å². The van der Waals surface area contributed by atoms with Crippen molar-refractivity contribution in [3.8, 4) is 57.0 Å². The van der Waals surface area contributed by atoms with Gasteiger partial charge in [-0.05, 0) is 59.7 Å². The van der Waals surface area contributed by atoms with Gasteiger partial charge in [0.05, 0.1) is 22.7 Å². The van der Waals surface area contributed by atoms with Gasteiger partial charge in [0.1, 0.15) is 0 Å². The number of aromatic nitrogens is 4. The van der Waals surface area contributed by atoms with Gasteiger partial charge in [0.2, 0.25) is 0 Å². The molecule has 0 aliphatic heterocycles. The van der Waals surface area contributed by atoms with Crippen LogP contribution in [0.4, 0.5) is 0 Å². The maximum atomic E-state index is 9.27. The van der Waals surface area contributed by atoms with Crippen LogP contribution in [-0.4, -0.2) is 19.5 Å². The summed E-state index contributed by atoms with van der Waals surface area (Å²) in [5.41, 5.74) is 8.87. The molecule has 6 aromatic carbocycles. The Balaban J connectivity index is 1.34. The van der Waals surface area contributed by atoms with Crippen molar-refractivity contribution in [2.75, 3.05) is 0 Å². The van der Waals surface area contributed by atoms with E-state index in [0.29, 0.717) is 23.0 Å². The lowest BCUT2D eigenvalue weighted by Gasteiger charge is -2.10. The molecule has 0 N–H and O–H groups in total. The van der Waals surface area contributed by atoms with Crippen molar-refractivity contribution >= 4 is 21.8 Å². The van der Waals surface area contributed by atoms with E-state index < -0.39 is 0 Å². The molecule has 5 nitrogen and oxygen atoms in total. The van der Waals surface area contributed by atoms with Gasteiger partial charge in [-0.3, -0.25) is 0 Å². The first-order valence-corrected chi connectivity index (χ1v) is 14.8. The van der Waals surface area contributed by atoms with Gasteiger partial charge in [0.15, 0.2) is 17.5 Å². The van der Waals surface area contributed by atoms with Gasteiger partial charge in [-0.25, -0.2) is 15.0 Å². The topological polar surface area (TPSA) is 67.4 Å². The molecule has 8 rings (SSSR count). The largest absolute Gasteiger partial charge is 0.309 e. The monoisotopic (exact) mass is 575 g/mol. The highest BCUT2D eigenvalue weighted by Gasteiger charge is 2.17. The maximum Gasteiger partial charge on any atom is 0.164 e. The average molecular weight is 576 g/mol. The van der Waals surface area contributed by atoms with Gasteiger partial charge in [-0.15, -0.1) is 0 Å². The van der Waals surface area contributed by atoms with Crippen molar-refractivity contribution < 1.29 is 0 Å². The van der Waals surface area contributed by atoms with E-state index in [1.165, 1.54) is 0 Å². The molecule has 45 heavy (non-hydrogen) atoms. The summed E-state index contributed by atoms with van der Waals surface area (Å²) >= 11 is 0. The summed E-state index contributed by atoms with van der Waals surface area (Å²) in [5, 5.41) is 11.5. The average Bonchev–Trinajstić information content (AvgIpc) is 3.45. The number of para-hydroxylation sites is 1. The van der Waals surface area contributed by atoms with Gasteiger partial charge >= 0.3 is 0 Å². The molecule has 5 heteroatoms. The van der Waals surface area contributed by atoms with Crippen molar-refractivity contribution in [3.63, 3.8) is 0 Å². The quantitative estimate of drug-likeness (QED) is 0.205. The third kappa shape index (κ3) is 4.81. The zero-order valence-corrected chi connectivity index (χ0v) is 24.2. The van der Waals surface area contributed by atoms with Gasteiger partial charge in [0.25, 0.3) is 0 Å². The van der Waals surface area contributed by atoms with Crippen LogP contribution in [0.25, 0.3) is 72.8 Å². The molecule has 8 aromatic rings. The number of rotatable bonds is 5. The third-order valence-electron chi connectivity index (χ3n) is 8.09. The Morgan fingerprint density at radius 2 is 0.956 bits per heavy atom. The van der Waals surface area contributed by atoms with E-state index >= 15 is 0 Å². The predicted molar refractivity (Wildman–Crippen MR) is 181 cm³/mol. The highest BCUT2D eigenvalue weighted by atomic mass is 15.0. The zero-order chi connectivity index (χ0) is 30.2. The number of benzene rings is 6. The molecule has 0 spiro atoms. The van der Waals surface area contributed by atoms with Crippen molar-refractivity contribution in [1.29, 1.82) is 5.26 Å². The molecule has 2 aromatic heterocycles. The number of fused-ring (bicyclic) bond motifs is 3. The van der Waals surface area contributed by atoms with Crippen LogP contribution < -0.4 is 0 Å². The number of nitrogens with zero attached hydrogens (tertiary/aromatic N) is 5. The van der Waals surface area contributed by atoms with Crippen LogP contribution in [0.1, 0.15) is 5.56 Å². The lowest BCUT2D eigenvalue weighted by molar-refractivity contribution is 1.07.